The Morgan fingerprint density at radius 1 is 1.62 bits per heavy atom. The van der Waals surface area contributed by atoms with Gasteiger partial charge in [0.25, 0.3) is 6.43 Å². The number of rotatable bonds is 4. The van der Waals surface area contributed by atoms with E-state index >= 15 is 0 Å². The van der Waals surface area contributed by atoms with Gasteiger partial charge >= 0.3 is 5.97 Å². The fourth-order valence-corrected chi connectivity index (χ4v) is 1.61. The molecule has 16 heavy (non-hydrogen) atoms. The Balaban J connectivity index is 3.20. The van der Waals surface area contributed by atoms with Gasteiger partial charge in [-0.2, -0.15) is 0 Å². The van der Waals surface area contributed by atoms with Gasteiger partial charge in [0.15, 0.2) is 0 Å². The van der Waals surface area contributed by atoms with Gasteiger partial charge in [-0.15, -0.1) is 11.6 Å². The van der Waals surface area contributed by atoms with Gasteiger partial charge in [0.2, 0.25) is 0 Å². The molecular formula is C10H10ClF2NO2. The van der Waals surface area contributed by atoms with Crippen molar-refractivity contribution in [3.63, 3.8) is 0 Å². The lowest BCUT2D eigenvalue weighted by atomic mass is 10.1. The minimum absolute atomic E-state index is 0.0807. The lowest BCUT2D eigenvalue weighted by Crippen LogP contribution is -2.08. The number of carbonyl (C=O) groups is 1. The highest BCUT2D eigenvalue weighted by molar-refractivity contribution is 6.17. The van der Waals surface area contributed by atoms with Crippen molar-refractivity contribution in [3.05, 3.63) is 28.6 Å². The van der Waals surface area contributed by atoms with Gasteiger partial charge < -0.3 is 5.11 Å². The first-order valence-electron chi connectivity index (χ1n) is 4.51. The molecule has 0 saturated carbocycles. The predicted octanol–water partition coefficient (Wildman–Crippen LogP) is 2.69. The molecule has 0 bridgehead atoms. The number of alkyl halides is 3. The fourth-order valence-electron chi connectivity index (χ4n) is 1.38. The summed E-state index contributed by atoms with van der Waals surface area (Å²) < 4.78 is 25.0. The van der Waals surface area contributed by atoms with Crippen LogP contribution in [0.5, 0.6) is 0 Å². The van der Waals surface area contributed by atoms with Gasteiger partial charge in [-0.3, -0.25) is 9.78 Å². The molecule has 1 heterocycles. The van der Waals surface area contributed by atoms with Crippen LogP contribution in [0.2, 0.25) is 0 Å². The molecule has 0 saturated heterocycles. The van der Waals surface area contributed by atoms with Crippen molar-refractivity contribution in [2.24, 2.45) is 0 Å². The summed E-state index contributed by atoms with van der Waals surface area (Å²) in [5.74, 6) is -1.12. The molecule has 0 fully saturated rings. The first-order chi connectivity index (χ1) is 7.45. The highest BCUT2D eigenvalue weighted by Crippen LogP contribution is 2.23. The SMILES string of the molecule is Cc1cc(CC(=O)O)c(CCl)nc1C(F)F. The Labute approximate surface area is 96.1 Å². The quantitative estimate of drug-likeness (QED) is 0.835. The van der Waals surface area contributed by atoms with Crippen molar-refractivity contribution in [2.75, 3.05) is 0 Å². The minimum Gasteiger partial charge on any atom is -0.481 e. The molecule has 0 radical (unpaired) electrons. The maximum atomic E-state index is 12.5. The molecule has 0 unspecified atom stereocenters. The van der Waals surface area contributed by atoms with E-state index in [1.54, 1.807) is 0 Å². The van der Waals surface area contributed by atoms with Crippen LogP contribution < -0.4 is 0 Å². The first kappa shape index (κ1) is 12.8. The van der Waals surface area contributed by atoms with E-state index in [1.807, 2.05) is 0 Å². The van der Waals surface area contributed by atoms with Crippen molar-refractivity contribution >= 4 is 17.6 Å². The van der Waals surface area contributed by atoms with E-state index in [-0.39, 0.29) is 29.3 Å². The number of halogens is 3. The second-order valence-electron chi connectivity index (χ2n) is 3.30. The number of aromatic nitrogens is 1. The van der Waals surface area contributed by atoms with Crippen molar-refractivity contribution in [1.82, 2.24) is 4.98 Å². The largest absolute Gasteiger partial charge is 0.481 e. The summed E-state index contributed by atoms with van der Waals surface area (Å²) in [6.45, 7) is 1.47. The van der Waals surface area contributed by atoms with Gasteiger partial charge in [0.1, 0.15) is 5.69 Å². The van der Waals surface area contributed by atoms with E-state index in [9.17, 15) is 13.6 Å². The molecule has 0 spiro atoms. The van der Waals surface area contributed by atoms with Crippen molar-refractivity contribution in [1.29, 1.82) is 0 Å². The van der Waals surface area contributed by atoms with E-state index in [1.165, 1.54) is 13.0 Å². The molecule has 0 aromatic carbocycles. The molecule has 6 heteroatoms. The topological polar surface area (TPSA) is 50.2 Å². The number of carboxylic acids is 1. The van der Waals surface area contributed by atoms with E-state index in [0.29, 0.717) is 5.56 Å². The summed E-state index contributed by atoms with van der Waals surface area (Å²) >= 11 is 5.54. The highest BCUT2D eigenvalue weighted by Gasteiger charge is 2.17. The molecule has 1 aromatic rings. The Morgan fingerprint density at radius 3 is 2.69 bits per heavy atom. The van der Waals surface area contributed by atoms with Crippen molar-refractivity contribution in [2.45, 2.75) is 25.7 Å². The van der Waals surface area contributed by atoms with E-state index in [2.05, 4.69) is 4.98 Å². The third-order valence-corrected chi connectivity index (χ3v) is 2.35. The molecule has 0 amide bonds. The summed E-state index contributed by atoms with van der Waals surface area (Å²) in [7, 11) is 0. The molecule has 3 nitrogen and oxygen atoms in total. The lowest BCUT2D eigenvalue weighted by Gasteiger charge is -2.10. The maximum Gasteiger partial charge on any atom is 0.307 e. The van der Waals surface area contributed by atoms with Gasteiger partial charge in [-0.1, -0.05) is 6.07 Å². The first-order valence-corrected chi connectivity index (χ1v) is 5.04. The molecule has 1 rings (SSSR count). The Bertz CT molecular complexity index is 410. The van der Waals surface area contributed by atoms with Crippen LogP contribution in [0.1, 0.15) is 28.9 Å². The fraction of sp³-hybridized carbons (Fsp3) is 0.400. The van der Waals surface area contributed by atoms with Gasteiger partial charge in [-0.25, -0.2) is 8.78 Å². The number of nitrogens with zero attached hydrogens (tertiary/aromatic N) is 1. The second kappa shape index (κ2) is 5.21. The zero-order chi connectivity index (χ0) is 12.3. The molecule has 88 valence electrons. The lowest BCUT2D eigenvalue weighted by molar-refractivity contribution is -0.136. The zero-order valence-corrected chi connectivity index (χ0v) is 9.26. The van der Waals surface area contributed by atoms with Gasteiger partial charge in [0, 0.05) is 0 Å². The van der Waals surface area contributed by atoms with E-state index in [0.717, 1.165) is 0 Å². The van der Waals surface area contributed by atoms with Crippen LogP contribution in [-0.2, 0) is 17.1 Å². The van der Waals surface area contributed by atoms with Crippen LogP contribution in [0.25, 0.3) is 0 Å². The van der Waals surface area contributed by atoms with Gasteiger partial charge in [-0.05, 0) is 18.1 Å². The Hall–Kier alpha value is -1.23. The van der Waals surface area contributed by atoms with Crippen molar-refractivity contribution < 1.29 is 18.7 Å². The molecule has 0 aliphatic heterocycles. The normalized spacial score (nSPS) is 10.8. The smallest absolute Gasteiger partial charge is 0.307 e. The highest BCUT2D eigenvalue weighted by atomic mass is 35.5. The number of aryl methyl sites for hydroxylation is 1. The molecule has 0 aliphatic carbocycles. The van der Waals surface area contributed by atoms with Crippen molar-refractivity contribution in [3.8, 4) is 0 Å². The average molecular weight is 250 g/mol. The Morgan fingerprint density at radius 2 is 2.25 bits per heavy atom. The van der Waals surface area contributed by atoms with E-state index < -0.39 is 12.4 Å². The third kappa shape index (κ3) is 2.88. The molecule has 1 aromatic heterocycles. The van der Waals surface area contributed by atoms with Crippen LogP contribution in [0.15, 0.2) is 6.07 Å². The van der Waals surface area contributed by atoms with Crippen LogP contribution in [0.3, 0.4) is 0 Å². The summed E-state index contributed by atoms with van der Waals surface area (Å²) in [5.41, 5.74) is 0.513. The van der Waals surface area contributed by atoms with Crippen LogP contribution >= 0.6 is 11.6 Å². The molecule has 0 aliphatic rings. The number of aliphatic carboxylic acids is 1. The molecule has 0 atom stereocenters. The minimum atomic E-state index is -2.68. The standard InChI is InChI=1S/C10H10ClF2NO2/c1-5-2-6(3-8(15)16)7(4-11)14-9(5)10(12)13/h2,10H,3-4H2,1H3,(H,15,16). The monoisotopic (exact) mass is 249 g/mol. The average Bonchev–Trinajstić information content (AvgIpc) is 2.16. The van der Waals surface area contributed by atoms with Gasteiger partial charge in [0.05, 0.1) is 18.0 Å². The Kier molecular flexibility index (Phi) is 4.18. The molecular weight excluding hydrogens is 240 g/mol. The third-order valence-electron chi connectivity index (χ3n) is 2.10. The van der Waals surface area contributed by atoms with E-state index in [4.69, 9.17) is 16.7 Å². The number of carboxylic acid groups (broad SMARTS) is 1. The second-order valence-corrected chi connectivity index (χ2v) is 3.57. The number of hydrogen-bond donors (Lipinski definition) is 1. The van der Waals surface area contributed by atoms with Crippen LogP contribution in [0.4, 0.5) is 8.78 Å². The summed E-state index contributed by atoms with van der Waals surface area (Å²) in [4.78, 5) is 14.2. The number of hydrogen-bond acceptors (Lipinski definition) is 2. The summed E-state index contributed by atoms with van der Waals surface area (Å²) in [6.07, 6.45) is -2.94. The van der Waals surface area contributed by atoms with Crippen LogP contribution in [0, 0.1) is 6.92 Å². The maximum absolute atomic E-state index is 12.5. The molecule has 1 N–H and O–H groups in total. The summed E-state index contributed by atoms with van der Waals surface area (Å²) in [5, 5.41) is 8.64. The predicted molar refractivity (Wildman–Crippen MR) is 54.8 cm³/mol. The summed E-state index contributed by atoms with van der Waals surface area (Å²) in [6, 6.07) is 1.40. The zero-order valence-electron chi connectivity index (χ0n) is 8.51. The number of pyridine rings is 1. The van der Waals surface area contributed by atoms with Crippen LogP contribution in [-0.4, -0.2) is 16.1 Å².